The van der Waals surface area contributed by atoms with Gasteiger partial charge in [-0.1, -0.05) is 12.1 Å². The van der Waals surface area contributed by atoms with Crippen molar-refractivity contribution < 1.29 is 13.9 Å². The highest BCUT2D eigenvalue weighted by Gasteiger charge is 2.05. The van der Waals surface area contributed by atoms with Crippen LogP contribution in [0.2, 0.25) is 0 Å². The maximum atomic E-state index is 12.1. The molecular weight excluding hydrogens is 252 g/mol. The molecule has 0 saturated heterocycles. The van der Waals surface area contributed by atoms with Crippen LogP contribution in [-0.2, 0) is 19.6 Å². The van der Waals surface area contributed by atoms with Crippen molar-refractivity contribution in [3.05, 3.63) is 47.8 Å². The fourth-order valence-electron chi connectivity index (χ4n) is 1.74. The Morgan fingerprint density at radius 2 is 2.11 bits per heavy atom. The predicted octanol–water partition coefficient (Wildman–Crippen LogP) is 2.14. The monoisotopic (exact) mass is 267 g/mol. The van der Waals surface area contributed by atoms with Crippen molar-refractivity contribution in [3.63, 3.8) is 0 Å². The Hall–Kier alpha value is -1.95. The van der Waals surface area contributed by atoms with E-state index in [0.29, 0.717) is 18.8 Å². The van der Waals surface area contributed by atoms with E-state index in [2.05, 4.69) is 10.4 Å². The van der Waals surface area contributed by atoms with Crippen molar-refractivity contribution in [2.45, 2.75) is 26.1 Å². The highest BCUT2D eigenvalue weighted by atomic mass is 19.3. The van der Waals surface area contributed by atoms with Crippen LogP contribution >= 0.6 is 0 Å². The van der Waals surface area contributed by atoms with E-state index < -0.39 is 6.43 Å². The summed E-state index contributed by atoms with van der Waals surface area (Å²) >= 11 is 0. The van der Waals surface area contributed by atoms with Crippen LogP contribution in [0.4, 0.5) is 8.78 Å². The fourth-order valence-corrected chi connectivity index (χ4v) is 1.74. The van der Waals surface area contributed by atoms with E-state index in [9.17, 15) is 13.9 Å². The summed E-state index contributed by atoms with van der Waals surface area (Å²) in [6.07, 6.45) is -0.856. The largest absolute Gasteiger partial charge is 0.508 e. The quantitative estimate of drug-likeness (QED) is 0.843. The molecule has 2 aromatic rings. The van der Waals surface area contributed by atoms with Gasteiger partial charge in [0.1, 0.15) is 12.3 Å². The van der Waals surface area contributed by atoms with Crippen LogP contribution in [0.15, 0.2) is 36.5 Å². The molecular formula is C13H15F2N3O. The molecule has 6 heteroatoms. The van der Waals surface area contributed by atoms with Crippen LogP contribution in [0.5, 0.6) is 5.75 Å². The van der Waals surface area contributed by atoms with Crippen LogP contribution in [0.25, 0.3) is 0 Å². The number of hydrogen-bond acceptors (Lipinski definition) is 3. The summed E-state index contributed by atoms with van der Waals surface area (Å²) in [4.78, 5) is 0. The van der Waals surface area contributed by atoms with Gasteiger partial charge in [0.2, 0.25) is 0 Å². The first kappa shape index (κ1) is 13.5. The van der Waals surface area contributed by atoms with Gasteiger partial charge in [0.15, 0.2) is 0 Å². The zero-order valence-corrected chi connectivity index (χ0v) is 10.3. The summed E-state index contributed by atoms with van der Waals surface area (Å²) in [5.74, 6) is 0.223. The van der Waals surface area contributed by atoms with Gasteiger partial charge in [-0.2, -0.15) is 5.10 Å². The minimum Gasteiger partial charge on any atom is -0.508 e. The summed E-state index contributed by atoms with van der Waals surface area (Å²) in [7, 11) is 0. The molecule has 0 aliphatic rings. The number of aromatic nitrogens is 2. The molecule has 102 valence electrons. The number of nitrogens with zero attached hydrogens (tertiary/aromatic N) is 2. The van der Waals surface area contributed by atoms with E-state index in [-0.39, 0.29) is 12.3 Å². The van der Waals surface area contributed by atoms with Crippen LogP contribution in [-0.4, -0.2) is 21.3 Å². The highest BCUT2D eigenvalue weighted by molar-refractivity contribution is 5.26. The van der Waals surface area contributed by atoms with Crippen molar-refractivity contribution in [3.8, 4) is 5.75 Å². The first-order valence-corrected chi connectivity index (χ1v) is 5.92. The molecule has 0 fully saturated rings. The molecule has 0 spiro atoms. The topological polar surface area (TPSA) is 50.1 Å². The SMILES string of the molecule is Oc1cccc(CNCc2ccn(CC(F)F)n2)c1. The standard InChI is InChI=1S/C13H15F2N3O/c14-13(15)9-18-5-4-11(17-18)8-16-7-10-2-1-3-12(19)6-10/h1-6,13,16,19H,7-9H2. The maximum absolute atomic E-state index is 12.1. The van der Waals surface area contributed by atoms with Crippen molar-refractivity contribution in [2.24, 2.45) is 0 Å². The van der Waals surface area contributed by atoms with Crippen molar-refractivity contribution in [2.75, 3.05) is 0 Å². The van der Waals surface area contributed by atoms with Gasteiger partial charge in [-0.3, -0.25) is 4.68 Å². The highest BCUT2D eigenvalue weighted by Crippen LogP contribution is 2.10. The Kier molecular flexibility index (Phi) is 4.46. The van der Waals surface area contributed by atoms with E-state index >= 15 is 0 Å². The normalized spacial score (nSPS) is 11.1. The van der Waals surface area contributed by atoms with E-state index in [1.807, 2.05) is 6.07 Å². The van der Waals surface area contributed by atoms with Crippen LogP contribution in [0.3, 0.4) is 0 Å². The third-order valence-corrected chi connectivity index (χ3v) is 2.57. The minimum atomic E-state index is -2.40. The Bertz CT molecular complexity index is 528. The molecule has 0 atom stereocenters. The lowest BCUT2D eigenvalue weighted by molar-refractivity contribution is 0.121. The Morgan fingerprint density at radius 1 is 1.26 bits per heavy atom. The Morgan fingerprint density at radius 3 is 2.84 bits per heavy atom. The molecule has 0 unspecified atom stereocenters. The Balaban J connectivity index is 1.81. The van der Waals surface area contributed by atoms with Gasteiger partial charge in [0.05, 0.1) is 5.69 Å². The first-order chi connectivity index (χ1) is 9.13. The van der Waals surface area contributed by atoms with Crippen molar-refractivity contribution in [1.29, 1.82) is 0 Å². The minimum absolute atomic E-state index is 0.223. The molecule has 0 aliphatic carbocycles. The fraction of sp³-hybridized carbons (Fsp3) is 0.308. The second-order valence-electron chi connectivity index (χ2n) is 4.19. The van der Waals surface area contributed by atoms with E-state index in [4.69, 9.17) is 0 Å². The number of halogens is 2. The Labute approximate surface area is 109 Å². The van der Waals surface area contributed by atoms with Gasteiger partial charge in [-0.15, -0.1) is 0 Å². The zero-order chi connectivity index (χ0) is 13.7. The predicted molar refractivity (Wildman–Crippen MR) is 66.9 cm³/mol. The molecule has 0 saturated carbocycles. The molecule has 0 aliphatic heterocycles. The third-order valence-electron chi connectivity index (χ3n) is 2.57. The molecule has 2 rings (SSSR count). The number of phenols is 1. The molecule has 1 aromatic heterocycles. The van der Waals surface area contributed by atoms with Crippen molar-refractivity contribution in [1.82, 2.24) is 15.1 Å². The average Bonchev–Trinajstić information content (AvgIpc) is 2.76. The van der Waals surface area contributed by atoms with E-state index in [1.165, 1.54) is 10.9 Å². The summed E-state index contributed by atoms with van der Waals surface area (Å²) in [5.41, 5.74) is 1.66. The van der Waals surface area contributed by atoms with Crippen LogP contribution in [0.1, 0.15) is 11.3 Å². The van der Waals surface area contributed by atoms with Gasteiger partial charge in [-0.25, -0.2) is 8.78 Å². The molecule has 1 aromatic carbocycles. The van der Waals surface area contributed by atoms with Gasteiger partial charge in [0.25, 0.3) is 6.43 Å². The molecule has 4 nitrogen and oxygen atoms in total. The van der Waals surface area contributed by atoms with Crippen molar-refractivity contribution >= 4 is 0 Å². The summed E-state index contributed by atoms with van der Waals surface area (Å²) in [5, 5.41) is 16.5. The molecule has 2 N–H and O–H groups in total. The summed E-state index contributed by atoms with van der Waals surface area (Å²) < 4.78 is 25.5. The lowest BCUT2D eigenvalue weighted by atomic mass is 10.2. The van der Waals surface area contributed by atoms with Gasteiger partial charge in [0, 0.05) is 19.3 Å². The van der Waals surface area contributed by atoms with Gasteiger partial charge < -0.3 is 10.4 Å². The zero-order valence-electron chi connectivity index (χ0n) is 10.3. The average molecular weight is 267 g/mol. The van der Waals surface area contributed by atoms with E-state index in [0.717, 1.165) is 5.56 Å². The number of rotatable bonds is 6. The third kappa shape index (κ3) is 4.33. The summed E-state index contributed by atoms with van der Waals surface area (Å²) in [6.45, 7) is 0.689. The smallest absolute Gasteiger partial charge is 0.257 e. The number of benzene rings is 1. The second-order valence-corrected chi connectivity index (χ2v) is 4.19. The molecule has 0 bridgehead atoms. The van der Waals surface area contributed by atoms with Gasteiger partial charge >= 0.3 is 0 Å². The van der Waals surface area contributed by atoms with E-state index in [1.54, 1.807) is 24.3 Å². The maximum Gasteiger partial charge on any atom is 0.257 e. The van der Waals surface area contributed by atoms with Crippen LogP contribution < -0.4 is 5.32 Å². The molecule has 0 amide bonds. The number of phenolic OH excluding ortho intramolecular Hbond substituents is 1. The number of aromatic hydroxyl groups is 1. The molecule has 1 heterocycles. The molecule has 0 radical (unpaired) electrons. The lowest BCUT2D eigenvalue weighted by Crippen LogP contribution is -2.14. The first-order valence-electron chi connectivity index (χ1n) is 5.92. The number of hydrogen-bond donors (Lipinski definition) is 2. The lowest BCUT2D eigenvalue weighted by Gasteiger charge is -2.03. The van der Waals surface area contributed by atoms with Gasteiger partial charge in [-0.05, 0) is 23.8 Å². The number of nitrogens with one attached hydrogen (secondary N) is 1. The molecule has 19 heavy (non-hydrogen) atoms. The van der Waals surface area contributed by atoms with Crippen LogP contribution in [0, 0.1) is 0 Å². The number of alkyl halides is 2. The summed E-state index contributed by atoms with van der Waals surface area (Å²) in [6, 6.07) is 8.64. The second kappa shape index (κ2) is 6.29.